The van der Waals surface area contributed by atoms with E-state index in [1.165, 1.54) is 7.11 Å². The van der Waals surface area contributed by atoms with E-state index in [0.29, 0.717) is 0 Å². The number of aliphatic hydroxyl groups excluding tert-OH is 7. The normalized spacial score (nSPS) is 50.0. The van der Waals surface area contributed by atoms with Crippen LogP contribution in [0.25, 0.3) is 0 Å². The van der Waals surface area contributed by atoms with Crippen molar-refractivity contribution < 1.29 is 54.7 Å². The molecule has 24 heavy (non-hydrogen) atoms. The van der Waals surface area contributed by atoms with Crippen LogP contribution in [0.5, 0.6) is 0 Å². The predicted molar refractivity (Wildman–Crippen MR) is 73.4 cm³/mol. The maximum atomic E-state index is 9.91. The second-order valence-electron chi connectivity index (χ2n) is 5.78. The zero-order chi connectivity index (χ0) is 18.0. The van der Waals surface area contributed by atoms with E-state index in [-0.39, 0.29) is 6.61 Å². The van der Waals surface area contributed by atoms with E-state index in [0.717, 1.165) is 0 Å². The average molecular weight is 356 g/mol. The molecule has 0 saturated carbocycles. The summed E-state index contributed by atoms with van der Waals surface area (Å²) in [6.45, 7) is -0.989. The van der Waals surface area contributed by atoms with Crippen molar-refractivity contribution in [1.29, 1.82) is 0 Å². The second kappa shape index (κ2) is 8.29. The fourth-order valence-corrected chi connectivity index (χ4v) is 2.64. The maximum absolute atomic E-state index is 9.91. The van der Waals surface area contributed by atoms with Crippen LogP contribution in [0, 0.1) is 0 Å². The summed E-state index contributed by atoms with van der Waals surface area (Å²) in [5.74, 6) is 0. The van der Waals surface area contributed by atoms with E-state index in [1.807, 2.05) is 0 Å². The van der Waals surface area contributed by atoms with E-state index in [1.54, 1.807) is 0 Å². The highest BCUT2D eigenvalue weighted by atomic mass is 16.7. The molecule has 2 saturated heterocycles. The van der Waals surface area contributed by atoms with Gasteiger partial charge in [-0.15, -0.1) is 0 Å². The summed E-state index contributed by atoms with van der Waals surface area (Å²) in [6.07, 6.45) is -14.0. The molecule has 0 radical (unpaired) electrons. The Morgan fingerprint density at radius 3 is 1.75 bits per heavy atom. The molecule has 0 unspecified atom stereocenters. The van der Waals surface area contributed by atoms with Gasteiger partial charge in [-0.3, -0.25) is 0 Å². The Bertz CT molecular complexity index is 356. The van der Waals surface area contributed by atoms with Crippen molar-refractivity contribution in [2.24, 2.45) is 0 Å². The number of rotatable bonds is 5. The Labute approximate surface area is 137 Å². The third-order valence-electron chi connectivity index (χ3n) is 4.17. The van der Waals surface area contributed by atoms with Gasteiger partial charge in [-0.1, -0.05) is 0 Å². The van der Waals surface area contributed by atoms with Crippen molar-refractivity contribution in [3.63, 3.8) is 0 Å². The standard InChI is InChI=1S/C13H24O11/c1-21-12-10(19)9(18)7(16)5(24-12)3-22-13-11(20)8(17)6(15)4(2-14)23-13/h4-20H,2-3H2,1H3/t4-,5-,6+,7+,8+,9+,10-,11-,12-,13+/m1/s1. The molecule has 11 heteroatoms. The molecule has 2 aliphatic rings. The van der Waals surface area contributed by atoms with Crippen molar-refractivity contribution >= 4 is 0 Å². The highest BCUT2D eigenvalue weighted by molar-refractivity contribution is 4.91. The molecule has 0 aromatic rings. The van der Waals surface area contributed by atoms with Gasteiger partial charge in [-0.2, -0.15) is 0 Å². The smallest absolute Gasteiger partial charge is 0.186 e. The second-order valence-corrected chi connectivity index (χ2v) is 5.78. The van der Waals surface area contributed by atoms with Crippen LogP contribution in [0.4, 0.5) is 0 Å². The van der Waals surface area contributed by atoms with Crippen molar-refractivity contribution in [2.45, 2.75) is 61.4 Å². The summed E-state index contributed by atoms with van der Waals surface area (Å²) in [7, 11) is 1.24. The Morgan fingerprint density at radius 1 is 0.708 bits per heavy atom. The lowest BCUT2D eigenvalue weighted by Gasteiger charge is -2.42. The first kappa shape index (κ1) is 19.9. The molecule has 0 aliphatic carbocycles. The first-order chi connectivity index (χ1) is 11.3. The molecule has 2 fully saturated rings. The maximum Gasteiger partial charge on any atom is 0.186 e. The molecule has 2 rings (SSSR count). The van der Waals surface area contributed by atoms with Gasteiger partial charge < -0.3 is 54.7 Å². The first-order valence-electron chi connectivity index (χ1n) is 7.46. The van der Waals surface area contributed by atoms with Crippen molar-refractivity contribution in [1.82, 2.24) is 0 Å². The average Bonchev–Trinajstić information content (AvgIpc) is 2.58. The largest absolute Gasteiger partial charge is 0.394 e. The van der Waals surface area contributed by atoms with Crippen LogP contribution in [0.1, 0.15) is 0 Å². The number of hydrogen-bond acceptors (Lipinski definition) is 11. The van der Waals surface area contributed by atoms with Crippen LogP contribution in [0.2, 0.25) is 0 Å². The molecule has 11 nitrogen and oxygen atoms in total. The van der Waals surface area contributed by atoms with Crippen LogP contribution >= 0.6 is 0 Å². The third kappa shape index (κ3) is 3.86. The SMILES string of the molecule is CO[C@@H]1O[C@H](CO[C@H]2O[C@H](CO)[C@H](O)[C@H](O)[C@H]2O)[C@H](O)[C@H](O)[C@H]1O. The summed E-state index contributed by atoms with van der Waals surface area (Å²) < 4.78 is 20.5. The van der Waals surface area contributed by atoms with Crippen molar-refractivity contribution in [3.05, 3.63) is 0 Å². The summed E-state index contributed by atoms with van der Waals surface area (Å²) in [6, 6.07) is 0. The molecular weight excluding hydrogens is 332 g/mol. The van der Waals surface area contributed by atoms with Crippen molar-refractivity contribution in [3.8, 4) is 0 Å². The zero-order valence-corrected chi connectivity index (χ0v) is 13.0. The summed E-state index contributed by atoms with van der Waals surface area (Å²) in [5, 5.41) is 67.6. The van der Waals surface area contributed by atoms with Gasteiger partial charge in [0.1, 0.15) is 48.8 Å². The van der Waals surface area contributed by atoms with Gasteiger partial charge in [0.05, 0.1) is 13.2 Å². The molecule has 0 bridgehead atoms. The molecule has 7 N–H and O–H groups in total. The quantitative estimate of drug-likeness (QED) is 0.251. The van der Waals surface area contributed by atoms with E-state index < -0.39 is 68.0 Å². The minimum atomic E-state index is -1.60. The first-order valence-corrected chi connectivity index (χ1v) is 7.46. The molecule has 0 spiro atoms. The van der Waals surface area contributed by atoms with Gasteiger partial charge in [0.2, 0.25) is 0 Å². The summed E-state index contributed by atoms with van der Waals surface area (Å²) in [4.78, 5) is 0. The highest BCUT2D eigenvalue weighted by Gasteiger charge is 2.47. The summed E-state index contributed by atoms with van der Waals surface area (Å²) >= 11 is 0. The zero-order valence-electron chi connectivity index (χ0n) is 13.0. The Balaban J connectivity index is 1.96. The van der Waals surface area contributed by atoms with Crippen LogP contribution < -0.4 is 0 Å². The molecule has 10 atom stereocenters. The van der Waals surface area contributed by atoms with Gasteiger partial charge in [0.15, 0.2) is 12.6 Å². The van der Waals surface area contributed by atoms with E-state index >= 15 is 0 Å². The molecule has 2 heterocycles. The van der Waals surface area contributed by atoms with Crippen LogP contribution in [0.15, 0.2) is 0 Å². The Kier molecular flexibility index (Phi) is 6.87. The molecule has 0 aromatic carbocycles. The van der Waals surface area contributed by atoms with Gasteiger partial charge in [0.25, 0.3) is 0 Å². The van der Waals surface area contributed by atoms with Gasteiger partial charge in [-0.05, 0) is 0 Å². The van der Waals surface area contributed by atoms with Crippen LogP contribution in [-0.2, 0) is 18.9 Å². The fraction of sp³-hybridized carbons (Fsp3) is 1.00. The molecule has 0 amide bonds. The minimum Gasteiger partial charge on any atom is -0.394 e. The molecule has 142 valence electrons. The number of aliphatic hydroxyl groups is 7. The fourth-order valence-electron chi connectivity index (χ4n) is 2.64. The monoisotopic (exact) mass is 356 g/mol. The third-order valence-corrected chi connectivity index (χ3v) is 4.17. The van der Waals surface area contributed by atoms with E-state index in [2.05, 4.69) is 0 Å². The molecular formula is C13H24O11. The summed E-state index contributed by atoms with van der Waals surface area (Å²) in [5.41, 5.74) is 0. The van der Waals surface area contributed by atoms with Crippen LogP contribution in [0.3, 0.4) is 0 Å². The highest BCUT2D eigenvalue weighted by Crippen LogP contribution is 2.25. The number of hydrogen-bond donors (Lipinski definition) is 7. The Hall–Kier alpha value is -0.440. The lowest BCUT2D eigenvalue weighted by molar-refractivity contribution is -0.328. The Morgan fingerprint density at radius 2 is 1.21 bits per heavy atom. The van der Waals surface area contributed by atoms with Crippen LogP contribution in [-0.4, -0.2) is 117 Å². The molecule has 0 aromatic heterocycles. The van der Waals surface area contributed by atoms with Gasteiger partial charge >= 0.3 is 0 Å². The predicted octanol–water partition coefficient (Wildman–Crippen LogP) is -4.74. The topological polar surface area (TPSA) is 179 Å². The minimum absolute atomic E-state index is 0.381. The van der Waals surface area contributed by atoms with E-state index in [4.69, 9.17) is 24.1 Å². The molecule has 2 aliphatic heterocycles. The van der Waals surface area contributed by atoms with Crippen molar-refractivity contribution in [2.75, 3.05) is 20.3 Å². The van der Waals surface area contributed by atoms with E-state index in [9.17, 15) is 30.6 Å². The van der Waals surface area contributed by atoms with Gasteiger partial charge in [-0.25, -0.2) is 0 Å². The number of methoxy groups -OCH3 is 1. The number of ether oxygens (including phenoxy) is 4. The lowest BCUT2D eigenvalue weighted by Crippen LogP contribution is -2.61. The van der Waals surface area contributed by atoms with Gasteiger partial charge in [0, 0.05) is 7.11 Å². The lowest BCUT2D eigenvalue weighted by atomic mass is 9.98.